The Morgan fingerprint density at radius 3 is 2.53 bits per heavy atom. The minimum absolute atomic E-state index is 0.0430. The molecule has 15 heteroatoms. The largest absolute Gasteiger partial charge is 0.418 e. The lowest BCUT2D eigenvalue weighted by Crippen LogP contribution is -2.51. The summed E-state index contributed by atoms with van der Waals surface area (Å²) in [5.41, 5.74) is 0.364. The highest BCUT2D eigenvalue weighted by molar-refractivity contribution is 6.00. The lowest BCUT2D eigenvalue weighted by Gasteiger charge is -2.22. The van der Waals surface area contributed by atoms with Gasteiger partial charge in [-0.2, -0.15) is 31.4 Å². The number of imidazole rings is 1. The Hall–Kier alpha value is -4.17. The number of nitrogens with zero attached hydrogens (tertiary/aromatic N) is 5. The summed E-state index contributed by atoms with van der Waals surface area (Å²) in [6, 6.07) is 3.64. The molecule has 3 amide bonds. The summed E-state index contributed by atoms with van der Waals surface area (Å²) >= 11 is 0. The zero-order chi connectivity index (χ0) is 27.0. The van der Waals surface area contributed by atoms with Crippen molar-refractivity contribution in [1.82, 2.24) is 34.8 Å². The Morgan fingerprint density at radius 1 is 1.03 bits per heavy atom. The summed E-state index contributed by atoms with van der Waals surface area (Å²) in [5.74, 6) is -1.77. The van der Waals surface area contributed by atoms with Crippen LogP contribution >= 0.6 is 0 Å². The van der Waals surface area contributed by atoms with E-state index in [0.29, 0.717) is 39.8 Å². The Bertz CT molecular complexity index is 1610. The van der Waals surface area contributed by atoms with E-state index in [4.69, 9.17) is 0 Å². The zero-order valence-electron chi connectivity index (χ0n) is 19.1. The minimum Gasteiger partial charge on any atom is -0.337 e. The molecule has 1 saturated carbocycles. The SMILES string of the molecule is O=C1NCC(c2cc([C@H]3C[C@@H]3c3ccc4c(C(F)(F)F)cn(CC(F)(F)F)c4n3)c3nccn3n2)C(=O)N1. The lowest BCUT2D eigenvalue weighted by atomic mass is 9.99. The topological polar surface area (TPSA) is 106 Å². The fraction of sp³-hybridized carbons (Fsp3) is 0.348. The van der Waals surface area contributed by atoms with Gasteiger partial charge in [0.15, 0.2) is 5.65 Å². The molecule has 0 aromatic carbocycles. The summed E-state index contributed by atoms with van der Waals surface area (Å²) in [4.78, 5) is 32.4. The van der Waals surface area contributed by atoms with E-state index < -0.39 is 53.4 Å². The maximum atomic E-state index is 13.5. The number of aromatic nitrogens is 5. The van der Waals surface area contributed by atoms with Crippen LogP contribution in [0, 0.1) is 0 Å². The second-order valence-corrected chi connectivity index (χ2v) is 9.31. The van der Waals surface area contributed by atoms with E-state index in [2.05, 4.69) is 25.7 Å². The third kappa shape index (κ3) is 4.20. The number of alkyl halides is 6. The first-order chi connectivity index (χ1) is 17.9. The van der Waals surface area contributed by atoms with Crippen molar-refractivity contribution >= 4 is 28.6 Å². The molecule has 1 unspecified atom stereocenters. The molecule has 5 heterocycles. The van der Waals surface area contributed by atoms with E-state index in [1.165, 1.54) is 16.8 Å². The van der Waals surface area contributed by atoms with Gasteiger partial charge in [0, 0.05) is 47.7 Å². The van der Waals surface area contributed by atoms with Crippen LogP contribution < -0.4 is 10.6 Å². The first-order valence-electron chi connectivity index (χ1n) is 11.5. The van der Waals surface area contributed by atoms with Crippen LogP contribution in [0.15, 0.2) is 36.8 Å². The van der Waals surface area contributed by atoms with Crippen molar-refractivity contribution in [2.24, 2.45) is 0 Å². The smallest absolute Gasteiger partial charge is 0.337 e. The number of urea groups is 1. The highest BCUT2D eigenvalue weighted by Crippen LogP contribution is 2.55. The van der Waals surface area contributed by atoms with Crippen LogP contribution in [0.2, 0.25) is 0 Å². The normalized spacial score (nSPS) is 22.1. The van der Waals surface area contributed by atoms with E-state index >= 15 is 0 Å². The number of amides is 3. The van der Waals surface area contributed by atoms with Gasteiger partial charge in [0.05, 0.1) is 17.2 Å². The number of imide groups is 1. The molecule has 0 spiro atoms. The zero-order valence-corrected chi connectivity index (χ0v) is 19.1. The molecule has 6 rings (SSSR count). The fourth-order valence-electron chi connectivity index (χ4n) is 4.96. The maximum absolute atomic E-state index is 13.5. The molecule has 1 aliphatic carbocycles. The van der Waals surface area contributed by atoms with Gasteiger partial charge in [-0.15, -0.1) is 0 Å². The van der Waals surface area contributed by atoms with E-state index in [9.17, 15) is 35.9 Å². The fourth-order valence-corrected chi connectivity index (χ4v) is 4.96. The first kappa shape index (κ1) is 24.2. The number of carbonyl (C=O) groups excluding carboxylic acids is 2. The van der Waals surface area contributed by atoms with E-state index in [1.54, 1.807) is 12.3 Å². The Kier molecular flexibility index (Phi) is 5.20. The Balaban J connectivity index is 1.37. The van der Waals surface area contributed by atoms with Gasteiger partial charge in [-0.05, 0) is 30.5 Å². The average molecular weight is 537 g/mol. The third-order valence-corrected chi connectivity index (χ3v) is 6.75. The van der Waals surface area contributed by atoms with Crippen LogP contribution in [0.3, 0.4) is 0 Å². The molecule has 4 aromatic rings. The molecule has 0 radical (unpaired) electrons. The summed E-state index contributed by atoms with van der Waals surface area (Å²) < 4.78 is 81.7. The predicted molar refractivity (Wildman–Crippen MR) is 118 cm³/mol. The molecule has 0 bridgehead atoms. The molecule has 2 aliphatic rings. The second-order valence-electron chi connectivity index (χ2n) is 9.31. The molecule has 2 N–H and O–H groups in total. The number of rotatable bonds is 4. The second kappa shape index (κ2) is 8.16. The first-order valence-corrected chi connectivity index (χ1v) is 11.5. The van der Waals surface area contributed by atoms with Gasteiger partial charge in [0.25, 0.3) is 0 Å². The van der Waals surface area contributed by atoms with Gasteiger partial charge in [-0.25, -0.2) is 19.3 Å². The number of pyridine rings is 1. The highest BCUT2D eigenvalue weighted by Gasteiger charge is 2.44. The number of hydrogen-bond donors (Lipinski definition) is 2. The molecule has 2 fully saturated rings. The predicted octanol–water partition coefficient (Wildman–Crippen LogP) is 3.85. The van der Waals surface area contributed by atoms with Crippen molar-refractivity contribution < 1.29 is 35.9 Å². The maximum Gasteiger partial charge on any atom is 0.418 e. The van der Waals surface area contributed by atoms with Gasteiger partial charge in [0.2, 0.25) is 5.91 Å². The van der Waals surface area contributed by atoms with Crippen LogP contribution in [0.25, 0.3) is 16.7 Å². The van der Waals surface area contributed by atoms with Gasteiger partial charge >= 0.3 is 18.4 Å². The molecule has 3 atom stereocenters. The monoisotopic (exact) mass is 537 g/mol. The molecule has 198 valence electrons. The molecule has 1 aliphatic heterocycles. The average Bonchev–Trinajstić information content (AvgIpc) is 3.32. The van der Waals surface area contributed by atoms with Gasteiger partial charge < -0.3 is 9.88 Å². The number of fused-ring (bicyclic) bond motifs is 2. The molecule has 1 saturated heterocycles. The van der Waals surface area contributed by atoms with Gasteiger partial charge in [0.1, 0.15) is 12.2 Å². The van der Waals surface area contributed by atoms with Gasteiger partial charge in [-0.1, -0.05) is 0 Å². The van der Waals surface area contributed by atoms with Crippen molar-refractivity contribution in [3.05, 3.63) is 59.3 Å². The quantitative estimate of drug-likeness (QED) is 0.385. The van der Waals surface area contributed by atoms with Crippen molar-refractivity contribution in [2.45, 2.75) is 43.1 Å². The van der Waals surface area contributed by atoms with Crippen LogP contribution in [-0.2, 0) is 17.5 Å². The van der Waals surface area contributed by atoms with E-state index in [-0.39, 0.29) is 18.4 Å². The lowest BCUT2D eigenvalue weighted by molar-refractivity contribution is -0.143. The number of carbonyl (C=O) groups is 2. The van der Waals surface area contributed by atoms with Crippen molar-refractivity contribution in [2.75, 3.05) is 6.54 Å². The van der Waals surface area contributed by atoms with Crippen molar-refractivity contribution in [3.63, 3.8) is 0 Å². The Morgan fingerprint density at radius 2 is 1.82 bits per heavy atom. The molecule has 4 aromatic heterocycles. The number of nitrogens with one attached hydrogen (secondary N) is 2. The minimum atomic E-state index is -4.84. The van der Waals surface area contributed by atoms with Crippen LogP contribution in [0.5, 0.6) is 0 Å². The van der Waals surface area contributed by atoms with Crippen LogP contribution in [-0.4, -0.2) is 48.8 Å². The van der Waals surface area contributed by atoms with Crippen LogP contribution in [0.4, 0.5) is 31.1 Å². The number of halogens is 6. The Labute approximate surface area is 208 Å². The molecular weight excluding hydrogens is 520 g/mol. The summed E-state index contributed by atoms with van der Waals surface area (Å²) in [5, 5.41) is 8.76. The van der Waals surface area contributed by atoms with Crippen molar-refractivity contribution in [3.8, 4) is 0 Å². The molecular formula is C23H17F6N7O2. The van der Waals surface area contributed by atoms with Crippen molar-refractivity contribution in [1.29, 1.82) is 0 Å². The standard InChI is InChI=1S/C23H17F6N7O2/c24-22(25,26)9-35-8-15(23(27,28)29)10-1-2-16(32-19(10)35)12-5-11(12)13-6-17(34-36-4-3-30-18(13)36)14-7-31-21(38)33-20(14)37/h1-4,6,8,11-12,14H,5,7,9H2,(H2,31,33,37,38)/t11-,12-,14?/m0/s1. The van der Waals surface area contributed by atoms with E-state index in [1.807, 2.05) is 0 Å². The summed E-state index contributed by atoms with van der Waals surface area (Å²) in [6.07, 6.45) is -5.51. The highest BCUT2D eigenvalue weighted by atomic mass is 19.4. The third-order valence-electron chi connectivity index (χ3n) is 6.75. The summed E-state index contributed by atoms with van der Waals surface area (Å²) in [7, 11) is 0. The van der Waals surface area contributed by atoms with Crippen LogP contribution in [0.1, 0.15) is 46.7 Å². The van der Waals surface area contributed by atoms with E-state index in [0.717, 1.165) is 6.07 Å². The summed E-state index contributed by atoms with van der Waals surface area (Å²) in [6.45, 7) is -1.56. The molecule has 9 nitrogen and oxygen atoms in total. The van der Waals surface area contributed by atoms with Gasteiger partial charge in [-0.3, -0.25) is 10.1 Å². The molecule has 38 heavy (non-hydrogen) atoms. The number of hydrogen-bond acceptors (Lipinski definition) is 5.